The van der Waals surface area contributed by atoms with Crippen LogP contribution in [0.2, 0.25) is 5.02 Å². The van der Waals surface area contributed by atoms with E-state index in [1.165, 1.54) is 6.07 Å². The number of carboxylic acid groups (broad SMARTS) is 1. The number of hydrogen-bond acceptors (Lipinski definition) is 4. The number of aromatic carboxylic acids is 1. The Balaban J connectivity index is 2.39. The number of hydrogen-bond donors (Lipinski definition) is 2. The maximum atomic E-state index is 11.4. The number of nitrogen functional groups attached to an aromatic ring is 1. The molecule has 2 rings (SSSR count). The van der Waals surface area contributed by atoms with Crippen LogP contribution in [0.4, 0.5) is 11.4 Å². The first-order valence-electron chi connectivity index (χ1n) is 6.34. The number of aromatic nitrogens is 1. The number of nitrogens with two attached hydrogens (primary N) is 1. The van der Waals surface area contributed by atoms with Gasteiger partial charge < -0.3 is 15.7 Å². The van der Waals surface area contributed by atoms with E-state index in [4.69, 9.17) is 17.3 Å². The molecule has 0 amide bonds. The third-order valence-corrected chi connectivity index (χ3v) is 3.33. The largest absolute Gasteiger partial charge is 0.478 e. The molecule has 0 saturated heterocycles. The molecule has 0 fully saturated rings. The van der Waals surface area contributed by atoms with Crippen LogP contribution in [0.15, 0.2) is 30.3 Å². The maximum absolute atomic E-state index is 11.4. The average molecular weight is 306 g/mol. The van der Waals surface area contributed by atoms with E-state index in [0.29, 0.717) is 22.9 Å². The number of carboxylic acids is 1. The molecule has 0 atom stereocenters. The Bertz CT molecular complexity index is 689. The van der Waals surface area contributed by atoms with Gasteiger partial charge in [-0.3, -0.25) is 4.98 Å². The summed E-state index contributed by atoms with van der Waals surface area (Å²) in [6, 6.07) is 8.65. The highest BCUT2D eigenvalue weighted by Crippen LogP contribution is 2.32. The smallest absolute Gasteiger partial charge is 0.337 e. The molecule has 3 N–H and O–H groups in total. The summed E-state index contributed by atoms with van der Waals surface area (Å²) in [4.78, 5) is 17.5. The van der Waals surface area contributed by atoms with Crippen LogP contribution in [-0.4, -0.2) is 23.1 Å². The quantitative estimate of drug-likeness (QED) is 0.849. The molecule has 0 bridgehead atoms. The van der Waals surface area contributed by atoms with Gasteiger partial charge in [-0.05, 0) is 31.2 Å². The van der Waals surface area contributed by atoms with E-state index >= 15 is 0 Å². The van der Waals surface area contributed by atoms with Gasteiger partial charge in [0.1, 0.15) is 0 Å². The first kappa shape index (κ1) is 15.1. The Morgan fingerprint density at radius 3 is 2.76 bits per heavy atom. The molecule has 0 saturated carbocycles. The van der Waals surface area contributed by atoms with Crippen molar-refractivity contribution in [2.45, 2.75) is 13.5 Å². The number of anilines is 2. The number of halogens is 1. The predicted octanol–water partition coefficient (Wildman–Crippen LogP) is 2.96. The molecule has 5 nitrogen and oxygen atoms in total. The summed E-state index contributed by atoms with van der Waals surface area (Å²) in [6.45, 7) is 2.36. The second-order valence-corrected chi connectivity index (χ2v) is 5.24. The third kappa shape index (κ3) is 3.44. The number of nitrogens with zero attached hydrogens (tertiary/aromatic N) is 2. The lowest BCUT2D eigenvalue weighted by Gasteiger charge is -2.22. The van der Waals surface area contributed by atoms with Crippen LogP contribution in [0.5, 0.6) is 0 Å². The molecule has 1 heterocycles. The van der Waals surface area contributed by atoms with Crippen molar-refractivity contribution >= 4 is 28.9 Å². The molecule has 0 unspecified atom stereocenters. The molecule has 2 aromatic rings. The van der Waals surface area contributed by atoms with Gasteiger partial charge in [-0.15, -0.1) is 0 Å². The van der Waals surface area contributed by atoms with E-state index in [1.807, 2.05) is 25.1 Å². The molecule has 0 spiro atoms. The number of aryl methyl sites for hydroxylation is 1. The van der Waals surface area contributed by atoms with Gasteiger partial charge >= 0.3 is 5.97 Å². The van der Waals surface area contributed by atoms with Crippen molar-refractivity contribution < 1.29 is 9.90 Å². The number of benzene rings is 1. The molecule has 1 aromatic carbocycles. The highest BCUT2D eigenvalue weighted by Gasteiger charge is 2.18. The molecule has 21 heavy (non-hydrogen) atoms. The van der Waals surface area contributed by atoms with Crippen LogP contribution in [0, 0.1) is 6.92 Å². The molecule has 0 aliphatic carbocycles. The van der Waals surface area contributed by atoms with Gasteiger partial charge in [0.05, 0.1) is 28.5 Å². The molecule has 0 radical (unpaired) electrons. The zero-order valence-electron chi connectivity index (χ0n) is 11.8. The Morgan fingerprint density at radius 1 is 1.43 bits per heavy atom. The minimum atomic E-state index is -1.07. The van der Waals surface area contributed by atoms with Crippen LogP contribution in [0.25, 0.3) is 0 Å². The zero-order valence-corrected chi connectivity index (χ0v) is 12.6. The van der Waals surface area contributed by atoms with Crippen molar-refractivity contribution in [1.29, 1.82) is 0 Å². The Hall–Kier alpha value is -2.27. The Morgan fingerprint density at radius 2 is 2.14 bits per heavy atom. The van der Waals surface area contributed by atoms with Gasteiger partial charge in [0, 0.05) is 18.4 Å². The number of carbonyl (C=O) groups is 1. The fraction of sp³-hybridized carbons (Fsp3) is 0.200. The summed E-state index contributed by atoms with van der Waals surface area (Å²) in [5.41, 5.74) is 8.23. The van der Waals surface area contributed by atoms with Gasteiger partial charge in [-0.2, -0.15) is 0 Å². The summed E-state index contributed by atoms with van der Waals surface area (Å²) in [5.74, 6) is -1.07. The molecule has 0 aliphatic heterocycles. The summed E-state index contributed by atoms with van der Waals surface area (Å²) < 4.78 is 0. The van der Waals surface area contributed by atoms with Gasteiger partial charge in [0.15, 0.2) is 0 Å². The maximum Gasteiger partial charge on any atom is 0.337 e. The summed E-state index contributed by atoms with van der Waals surface area (Å²) in [6.07, 6.45) is 0. The Labute approximate surface area is 128 Å². The second kappa shape index (κ2) is 6.01. The van der Waals surface area contributed by atoms with Gasteiger partial charge in [-0.1, -0.05) is 17.7 Å². The fourth-order valence-corrected chi connectivity index (χ4v) is 2.55. The standard InChI is InChI=1S/C15H16ClN3O2/c1-9-4-3-5-11(18-9)8-19(2)14-12(15(20)21)6-10(17)7-13(14)16/h3-7H,8,17H2,1-2H3,(H,20,21). The minimum Gasteiger partial charge on any atom is -0.478 e. The fourth-order valence-electron chi connectivity index (χ4n) is 2.18. The minimum absolute atomic E-state index is 0.0788. The lowest BCUT2D eigenvalue weighted by molar-refractivity contribution is 0.0697. The molecular weight excluding hydrogens is 290 g/mol. The average Bonchev–Trinajstić information content (AvgIpc) is 2.37. The summed E-state index contributed by atoms with van der Waals surface area (Å²) >= 11 is 6.17. The van der Waals surface area contributed by atoms with Crippen molar-refractivity contribution in [2.24, 2.45) is 0 Å². The second-order valence-electron chi connectivity index (χ2n) is 4.83. The van der Waals surface area contributed by atoms with Crippen molar-refractivity contribution in [3.05, 3.63) is 52.3 Å². The van der Waals surface area contributed by atoms with Crippen molar-refractivity contribution in [3.63, 3.8) is 0 Å². The SMILES string of the molecule is Cc1cccc(CN(C)c2c(Cl)cc(N)cc2C(=O)O)n1. The van der Waals surface area contributed by atoms with Crippen LogP contribution in [0.3, 0.4) is 0 Å². The zero-order chi connectivity index (χ0) is 15.6. The van der Waals surface area contributed by atoms with E-state index in [9.17, 15) is 9.90 Å². The number of rotatable bonds is 4. The van der Waals surface area contributed by atoms with Gasteiger partial charge in [0.25, 0.3) is 0 Å². The van der Waals surface area contributed by atoms with E-state index in [0.717, 1.165) is 11.4 Å². The molecule has 6 heteroatoms. The summed E-state index contributed by atoms with van der Waals surface area (Å²) in [5, 5.41) is 9.63. The van der Waals surface area contributed by atoms with Crippen LogP contribution >= 0.6 is 11.6 Å². The van der Waals surface area contributed by atoms with Crippen LogP contribution < -0.4 is 10.6 Å². The topological polar surface area (TPSA) is 79.5 Å². The van der Waals surface area contributed by atoms with Crippen LogP contribution in [-0.2, 0) is 6.54 Å². The monoisotopic (exact) mass is 305 g/mol. The van der Waals surface area contributed by atoms with Crippen molar-refractivity contribution in [2.75, 3.05) is 17.7 Å². The normalized spacial score (nSPS) is 10.4. The molecule has 110 valence electrons. The van der Waals surface area contributed by atoms with Gasteiger partial charge in [0.2, 0.25) is 0 Å². The first-order valence-corrected chi connectivity index (χ1v) is 6.72. The van der Waals surface area contributed by atoms with E-state index < -0.39 is 5.97 Å². The molecule has 0 aliphatic rings. The van der Waals surface area contributed by atoms with Gasteiger partial charge in [-0.25, -0.2) is 4.79 Å². The van der Waals surface area contributed by atoms with Crippen molar-refractivity contribution in [1.82, 2.24) is 4.98 Å². The highest BCUT2D eigenvalue weighted by molar-refractivity contribution is 6.34. The van der Waals surface area contributed by atoms with Crippen molar-refractivity contribution in [3.8, 4) is 0 Å². The number of pyridine rings is 1. The molecule has 1 aromatic heterocycles. The lowest BCUT2D eigenvalue weighted by atomic mass is 10.1. The van der Waals surface area contributed by atoms with E-state index in [1.54, 1.807) is 18.0 Å². The predicted molar refractivity (Wildman–Crippen MR) is 83.9 cm³/mol. The highest BCUT2D eigenvalue weighted by atomic mass is 35.5. The van der Waals surface area contributed by atoms with E-state index in [2.05, 4.69) is 4.98 Å². The lowest BCUT2D eigenvalue weighted by Crippen LogP contribution is -2.21. The Kier molecular flexibility index (Phi) is 4.33. The third-order valence-electron chi connectivity index (χ3n) is 3.04. The molecular formula is C15H16ClN3O2. The first-order chi connectivity index (χ1) is 9.88. The summed E-state index contributed by atoms with van der Waals surface area (Å²) in [7, 11) is 1.77. The van der Waals surface area contributed by atoms with E-state index in [-0.39, 0.29) is 5.56 Å². The van der Waals surface area contributed by atoms with Crippen LogP contribution in [0.1, 0.15) is 21.7 Å².